The minimum atomic E-state index is -0.839. The van der Waals surface area contributed by atoms with Gasteiger partial charge in [-0.3, -0.25) is 4.79 Å². The van der Waals surface area contributed by atoms with Gasteiger partial charge in [-0.2, -0.15) is 0 Å². The van der Waals surface area contributed by atoms with E-state index in [0.717, 1.165) is 16.7 Å². The monoisotopic (exact) mass is 377 g/mol. The van der Waals surface area contributed by atoms with Gasteiger partial charge in [0.25, 0.3) is 5.91 Å². The third-order valence-electron chi connectivity index (χ3n) is 4.51. The van der Waals surface area contributed by atoms with Crippen LogP contribution in [0, 0.1) is 0 Å². The van der Waals surface area contributed by atoms with Crippen LogP contribution in [0.4, 0.5) is 0 Å². The molecule has 0 saturated carbocycles. The molecule has 28 heavy (non-hydrogen) atoms. The molecule has 4 aromatic rings. The lowest BCUT2D eigenvalue weighted by Crippen LogP contribution is -2.28. The molecular weight excluding hydrogens is 358 g/mol. The van der Waals surface area contributed by atoms with Gasteiger partial charge in [0.2, 0.25) is 0 Å². The summed E-state index contributed by atoms with van der Waals surface area (Å²) in [4.78, 5) is 12.4. The van der Waals surface area contributed by atoms with Gasteiger partial charge in [0.1, 0.15) is 5.76 Å². The zero-order valence-electron chi connectivity index (χ0n) is 15.2. The second kappa shape index (κ2) is 7.62. The second-order valence-corrected chi connectivity index (χ2v) is 6.31. The van der Waals surface area contributed by atoms with Gasteiger partial charge in [-0.15, -0.1) is 0 Å². The number of nitrogens with one attached hydrogen (secondary N) is 1. The first-order valence-corrected chi connectivity index (χ1v) is 8.82. The summed E-state index contributed by atoms with van der Waals surface area (Å²) in [5.41, 5.74) is 2.13. The number of ether oxygens (including phenoxy) is 1. The van der Waals surface area contributed by atoms with Gasteiger partial charge in [-0.25, -0.2) is 0 Å². The first-order chi connectivity index (χ1) is 13.7. The second-order valence-electron chi connectivity index (χ2n) is 6.31. The number of aliphatic hydroxyl groups is 1. The van der Waals surface area contributed by atoms with Crippen molar-refractivity contribution in [2.45, 2.75) is 6.10 Å². The van der Waals surface area contributed by atoms with Crippen molar-refractivity contribution >= 4 is 16.9 Å². The lowest BCUT2D eigenvalue weighted by atomic mass is 10.1. The van der Waals surface area contributed by atoms with Crippen molar-refractivity contribution in [2.24, 2.45) is 0 Å². The minimum Gasteiger partial charge on any atom is -0.493 e. The van der Waals surface area contributed by atoms with Crippen molar-refractivity contribution < 1.29 is 23.5 Å². The zero-order chi connectivity index (χ0) is 19.5. The molecule has 4 rings (SSSR count). The van der Waals surface area contributed by atoms with E-state index in [4.69, 9.17) is 13.6 Å². The standard InChI is InChI=1S/C22H19NO5/c1-26-19-5-2-4-16-12-20(28-21(16)19)22(25)23-13-17(24)14-7-9-15(10-8-14)18-6-3-11-27-18/h2-12,17,24H,13H2,1H3,(H,23,25)/t17-/m0/s1. The predicted molar refractivity (Wildman–Crippen MR) is 104 cm³/mol. The highest BCUT2D eigenvalue weighted by molar-refractivity contribution is 5.97. The number of aliphatic hydroxyl groups excluding tert-OH is 1. The summed E-state index contributed by atoms with van der Waals surface area (Å²) in [6.45, 7) is 0.0626. The topological polar surface area (TPSA) is 84.8 Å². The largest absolute Gasteiger partial charge is 0.493 e. The molecule has 6 nitrogen and oxygen atoms in total. The maximum Gasteiger partial charge on any atom is 0.287 e. The zero-order valence-corrected chi connectivity index (χ0v) is 15.2. The number of methoxy groups -OCH3 is 1. The van der Waals surface area contributed by atoms with Crippen LogP contribution < -0.4 is 10.1 Å². The van der Waals surface area contributed by atoms with Crippen LogP contribution in [0.25, 0.3) is 22.3 Å². The summed E-state index contributed by atoms with van der Waals surface area (Å²) in [5.74, 6) is 1.09. The van der Waals surface area contributed by atoms with Crippen molar-refractivity contribution in [2.75, 3.05) is 13.7 Å². The summed E-state index contributed by atoms with van der Waals surface area (Å²) in [5, 5.41) is 13.8. The van der Waals surface area contributed by atoms with Crippen molar-refractivity contribution in [3.63, 3.8) is 0 Å². The molecular formula is C22H19NO5. The maximum absolute atomic E-state index is 12.4. The van der Waals surface area contributed by atoms with E-state index in [1.54, 1.807) is 37.6 Å². The number of carbonyl (C=O) groups is 1. The quantitative estimate of drug-likeness (QED) is 0.527. The van der Waals surface area contributed by atoms with E-state index < -0.39 is 12.0 Å². The van der Waals surface area contributed by atoms with Crippen LogP contribution in [0.15, 0.2) is 75.8 Å². The highest BCUT2D eigenvalue weighted by Gasteiger charge is 2.16. The highest BCUT2D eigenvalue weighted by atomic mass is 16.5. The Kier molecular flexibility index (Phi) is 4.87. The van der Waals surface area contributed by atoms with Gasteiger partial charge in [-0.1, -0.05) is 36.4 Å². The molecule has 2 aromatic carbocycles. The molecule has 0 aliphatic carbocycles. The molecule has 1 atom stereocenters. The highest BCUT2D eigenvalue weighted by Crippen LogP contribution is 2.28. The van der Waals surface area contributed by atoms with E-state index in [1.807, 2.05) is 36.4 Å². The number of furan rings is 2. The molecule has 0 bridgehead atoms. The van der Waals surface area contributed by atoms with Gasteiger partial charge in [0.15, 0.2) is 17.1 Å². The van der Waals surface area contributed by atoms with E-state index in [9.17, 15) is 9.90 Å². The molecule has 0 saturated heterocycles. The first-order valence-electron chi connectivity index (χ1n) is 8.82. The lowest BCUT2D eigenvalue weighted by Gasteiger charge is -2.12. The van der Waals surface area contributed by atoms with Crippen LogP contribution in [-0.4, -0.2) is 24.7 Å². The summed E-state index contributed by atoms with van der Waals surface area (Å²) in [6, 6.07) is 18.1. The molecule has 0 radical (unpaired) electrons. The molecule has 2 N–H and O–H groups in total. The Labute approximate surface area is 161 Å². The van der Waals surface area contributed by atoms with Crippen LogP contribution >= 0.6 is 0 Å². The van der Waals surface area contributed by atoms with Crippen molar-refractivity contribution in [3.8, 4) is 17.1 Å². The molecule has 142 valence electrons. The van der Waals surface area contributed by atoms with E-state index in [1.165, 1.54) is 0 Å². The Morgan fingerprint density at radius 3 is 2.68 bits per heavy atom. The molecule has 2 heterocycles. The number of para-hydroxylation sites is 1. The van der Waals surface area contributed by atoms with E-state index in [2.05, 4.69) is 5.32 Å². The Balaban J connectivity index is 1.41. The Morgan fingerprint density at radius 1 is 1.14 bits per heavy atom. The van der Waals surface area contributed by atoms with E-state index in [-0.39, 0.29) is 12.3 Å². The van der Waals surface area contributed by atoms with Crippen molar-refractivity contribution in [3.05, 3.63) is 78.3 Å². The minimum absolute atomic E-state index is 0.0626. The number of hydrogen-bond acceptors (Lipinski definition) is 5. The smallest absolute Gasteiger partial charge is 0.287 e. The normalized spacial score (nSPS) is 12.1. The van der Waals surface area contributed by atoms with Crippen LogP contribution in [0.2, 0.25) is 0 Å². The molecule has 0 fully saturated rings. The number of fused-ring (bicyclic) bond motifs is 1. The predicted octanol–water partition coefficient (Wildman–Crippen LogP) is 4.16. The number of hydrogen-bond donors (Lipinski definition) is 2. The van der Waals surface area contributed by atoms with Crippen LogP contribution in [0.1, 0.15) is 22.2 Å². The van der Waals surface area contributed by atoms with Crippen molar-refractivity contribution in [1.82, 2.24) is 5.32 Å². The average molecular weight is 377 g/mol. The molecule has 0 spiro atoms. The maximum atomic E-state index is 12.4. The summed E-state index contributed by atoms with van der Waals surface area (Å²) < 4.78 is 16.2. The number of amides is 1. The molecule has 2 aromatic heterocycles. The van der Waals surface area contributed by atoms with Crippen LogP contribution in [0.3, 0.4) is 0 Å². The van der Waals surface area contributed by atoms with E-state index >= 15 is 0 Å². The SMILES string of the molecule is COc1cccc2cc(C(=O)NC[C@H](O)c3ccc(-c4ccco4)cc3)oc12. The van der Waals surface area contributed by atoms with Crippen LogP contribution in [-0.2, 0) is 0 Å². The molecule has 0 aliphatic rings. The Hall–Kier alpha value is -3.51. The molecule has 6 heteroatoms. The fourth-order valence-corrected chi connectivity index (χ4v) is 3.02. The van der Waals surface area contributed by atoms with Crippen molar-refractivity contribution in [1.29, 1.82) is 0 Å². The van der Waals surface area contributed by atoms with Gasteiger partial charge in [-0.05, 0) is 29.8 Å². The average Bonchev–Trinajstić information content (AvgIpc) is 3.41. The Bertz CT molecular complexity index is 1080. The summed E-state index contributed by atoms with van der Waals surface area (Å²) in [7, 11) is 1.55. The lowest BCUT2D eigenvalue weighted by molar-refractivity contribution is 0.0891. The van der Waals surface area contributed by atoms with Gasteiger partial charge in [0, 0.05) is 17.5 Å². The van der Waals surface area contributed by atoms with Crippen LogP contribution in [0.5, 0.6) is 5.75 Å². The number of rotatable bonds is 6. The molecule has 1 amide bonds. The first kappa shape index (κ1) is 17.9. The van der Waals surface area contributed by atoms with Gasteiger partial charge >= 0.3 is 0 Å². The van der Waals surface area contributed by atoms with E-state index in [0.29, 0.717) is 16.9 Å². The fourth-order valence-electron chi connectivity index (χ4n) is 3.02. The Morgan fingerprint density at radius 2 is 1.96 bits per heavy atom. The molecule has 0 aliphatic heterocycles. The third kappa shape index (κ3) is 3.50. The van der Waals surface area contributed by atoms with Gasteiger partial charge < -0.3 is 24.0 Å². The summed E-state index contributed by atoms with van der Waals surface area (Å²) in [6.07, 6.45) is 0.773. The number of carbonyl (C=O) groups excluding carboxylic acids is 1. The fraction of sp³-hybridized carbons (Fsp3) is 0.136. The molecule has 0 unspecified atom stereocenters. The summed E-state index contributed by atoms with van der Waals surface area (Å²) >= 11 is 0. The number of benzene rings is 2. The van der Waals surface area contributed by atoms with Gasteiger partial charge in [0.05, 0.1) is 19.5 Å². The third-order valence-corrected chi connectivity index (χ3v) is 4.51.